The van der Waals surface area contributed by atoms with Crippen LogP contribution in [0.4, 0.5) is 15.6 Å². The van der Waals surface area contributed by atoms with E-state index in [1.54, 1.807) is 23.2 Å². The molecule has 2 aliphatic heterocycles. The molecule has 2 N–H and O–H groups in total. The molecule has 0 aliphatic carbocycles. The minimum Gasteiger partial charge on any atom is -0.481 e. The number of carboxylic acid groups (broad SMARTS) is 1. The number of carbonyl (C=O) groups excluding carboxylic acids is 1. The van der Waals surface area contributed by atoms with Gasteiger partial charge >= 0.3 is 12.0 Å². The van der Waals surface area contributed by atoms with E-state index in [1.807, 2.05) is 18.2 Å². The molecule has 0 radical (unpaired) electrons. The van der Waals surface area contributed by atoms with Crippen molar-refractivity contribution in [3.63, 3.8) is 0 Å². The van der Waals surface area contributed by atoms with Crippen molar-refractivity contribution in [1.82, 2.24) is 9.88 Å². The molecule has 2 fully saturated rings. The number of carboxylic acids is 1. The van der Waals surface area contributed by atoms with Crippen molar-refractivity contribution >= 4 is 44.4 Å². The number of nitrogens with zero attached hydrogens (tertiary/aromatic N) is 3. The van der Waals surface area contributed by atoms with Gasteiger partial charge in [0.25, 0.3) is 0 Å². The van der Waals surface area contributed by atoms with Crippen LogP contribution in [-0.2, 0) is 9.53 Å². The Balaban J connectivity index is 1.46. The molecule has 3 heterocycles. The second kappa shape index (κ2) is 6.97. The maximum absolute atomic E-state index is 12.5. The Bertz CT molecular complexity index is 879. The lowest BCUT2D eigenvalue weighted by molar-refractivity contribution is -0.146. The van der Waals surface area contributed by atoms with Crippen LogP contribution in [0.3, 0.4) is 0 Å². The van der Waals surface area contributed by atoms with Crippen molar-refractivity contribution in [2.75, 3.05) is 49.6 Å². The second-order valence-electron chi connectivity index (χ2n) is 7.25. The van der Waals surface area contributed by atoms with Crippen LogP contribution in [0.2, 0.25) is 0 Å². The number of urea groups is 1. The topological polar surface area (TPSA) is 95.0 Å². The molecule has 4 rings (SSSR count). The Labute approximate surface area is 160 Å². The van der Waals surface area contributed by atoms with Crippen LogP contribution in [0.5, 0.6) is 0 Å². The van der Waals surface area contributed by atoms with Gasteiger partial charge in [0.15, 0.2) is 5.13 Å². The minimum atomic E-state index is -0.869. The molecule has 1 atom stereocenters. The third kappa shape index (κ3) is 3.57. The van der Waals surface area contributed by atoms with E-state index in [9.17, 15) is 14.7 Å². The van der Waals surface area contributed by atoms with E-state index in [4.69, 9.17) is 4.74 Å². The Morgan fingerprint density at radius 3 is 2.78 bits per heavy atom. The van der Waals surface area contributed by atoms with Crippen molar-refractivity contribution in [2.24, 2.45) is 5.41 Å². The van der Waals surface area contributed by atoms with Gasteiger partial charge in [0.1, 0.15) is 0 Å². The van der Waals surface area contributed by atoms with Gasteiger partial charge < -0.3 is 25.0 Å². The quantitative estimate of drug-likeness (QED) is 0.836. The molecular formula is C18H22N4O4S. The summed E-state index contributed by atoms with van der Waals surface area (Å²) in [5.41, 5.74) is 0.721. The zero-order valence-electron chi connectivity index (χ0n) is 15.1. The summed E-state index contributed by atoms with van der Waals surface area (Å²) in [5.74, 6) is -0.862. The van der Waals surface area contributed by atoms with E-state index in [0.717, 1.165) is 28.4 Å². The molecule has 27 heavy (non-hydrogen) atoms. The van der Waals surface area contributed by atoms with Crippen LogP contribution in [-0.4, -0.2) is 66.4 Å². The van der Waals surface area contributed by atoms with E-state index in [1.165, 1.54) is 0 Å². The third-order valence-electron chi connectivity index (χ3n) is 5.19. The molecule has 1 unspecified atom stereocenters. The van der Waals surface area contributed by atoms with Crippen molar-refractivity contribution in [1.29, 1.82) is 0 Å². The number of nitrogens with one attached hydrogen (secondary N) is 1. The van der Waals surface area contributed by atoms with Crippen molar-refractivity contribution < 1.29 is 19.4 Å². The minimum absolute atomic E-state index is 0.220. The molecule has 0 spiro atoms. The molecule has 144 valence electrons. The number of benzene rings is 1. The Morgan fingerprint density at radius 1 is 1.30 bits per heavy atom. The first-order valence-electron chi connectivity index (χ1n) is 8.97. The smallest absolute Gasteiger partial charge is 0.321 e. The van der Waals surface area contributed by atoms with E-state index < -0.39 is 11.4 Å². The van der Waals surface area contributed by atoms with Crippen molar-refractivity contribution in [3.8, 4) is 0 Å². The van der Waals surface area contributed by atoms with Gasteiger partial charge in [-0.3, -0.25) is 4.79 Å². The maximum atomic E-state index is 12.5. The van der Waals surface area contributed by atoms with E-state index in [0.29, 0.717) is 31.9 Å². The van der Waals surface area contributed by atoms with Crippen molar-refractivity contribution in [3.05, 3.63) is 18.2 Å². The van der Waals surface area contributed by atoms with Gasteiger partial charge in [-0.25, -0.2) is 9.78 Å². The van der Waals surface area contributed by atoms with Gasteiger partial charge in [-0.05, 0) is 31.5 Å². The predicted octanol–water partition coefficient (Wildman–Crippen LogP) is 2.46. The summed E-state index contributed by atoms with van der Waals surface area (Å²) in [5, 5.41) is 13.2. The lowest BCUT2D eigenvalue weighted by Crippen LogP contribution is -2.37. The molecule has 0 saturated carbocycles. The fourth-order valence-electron chi connectivity index (χ4n) is 3.39. The molecule has 1 aromatic heterocycles. The molecule has 2 aliphatic rings. The SMILES string of the molecule is CC1(C(=O)O)CCN(C(=O)Nc2ccc3nc(N4CCOCC4)sc3c2)C1. The lowest BCUT2D eigenvalue weighted by atomic mass is 9.90. The number of rotatable bonds is 3. The number of morpholine rings is 1. The summed E-state index contributed by atoms with van der Waals surface area (Å²) in [6, 6.07) is 5.38. The Morgan fingerprint density at radius 2 is 2.07 bits per heavy atom. The lowest BCUT2D eigenvalue weighted by Gasteiger charge is -2.25. The predicted molar refractivity (Wildman–Crippen MR) is 104 cm³/mol. The number of hydrogen-bond acceptors (Lipinski definition) is 6. The highest BCUT2D eigenvalue weighted by molar-refractivity contribution is 7.22. The number of likely N-dealkylation sites (tertiary alicyclic amines) is 1. The number of fused-ring (bicyclic) bond motifs is 1. The number of anilines is 2. The van der Waals surface area contributed by atoms with Gasteiger partial charge in [-0.2, -0.15) is 0 Å². The normalized spacial score (nSPS) is 23.0. The number of hydrogen-bond donors (Lipinski definition) is 2. The Hall–Kier alpha value is -2.39. The summed E-state index contributed by atoms with van der Waals surface area (Å²) in [6.07, 6.45) is 0.465. The standard InChI is InChI=1S/C18H22N4O4S/c1-18(15(23)24)4-5-22(11-18)16(25)19-12-2-3-13-14(10-12)27-17(20-13)21-6-8-26-9-7-21/h2-3,10H,4-9,11H2,1H3,(H,19,25)(H,23,24). The van der Waals surface area contributed by atoms with Crippen LogP contribution in [0, 0.1) is 5.41 Å². The Kier molecular flexibility index (Phi) is 4.65. The molecule has 2 aromatic rings. The van der Waals surface area contributed by atoms with E-state index >= 15 is 0 Å². The molecule has 0 bridgehead atoms. The van der Waals surface area contributed by atoms with Crippen LogP contribution in [0.1, 0.15) is 13.3 Å². The van der Waals surface area contributed by atoms with Crippen LogP contribution in [0.15, 0.2) is 18.2 Å². The zero-order valence-corrected chi connectivity index (χ0v) is 15.9. The van der Waals surface area contributed by atoms with Crippen LogP contribution in [0.25, 0.3) is 10.2 Å². The molecular weight excluding hydrogens is 368 g/mol. The fraction of sp³-hybridized carbons (Fsp3) is 0.500. The van der Waals surface area contributed by atoms with Gasteiger partial charge in [0, 0.05) is 31.9 Å². The number of aliphatic carboxylic acids is 1. The number of ether oxygens (including phenoxy) is 1. The summed E-state index contributed by atoms with van der Waals surface area (Å²) < 4.78 is 6.39. The van der Waals surface area contributed by atoms with Gasteiger partial charge in [-0.1, -0.05) is 11.3 Å². The molecule has 9 heteroatoms. The summed E-state index contributed by atoms with van der Waals surface area (Å²) in [7, 11) is 0. The van der Waals surface area contributed by atoms with Crippen molar-refractivity contribution in [2.45, 2.75) is 13.3 Å². The monoisotopic (exact) mass is 390 g/mol. The number of aromatic nitrogens is 1. The highest BCUT2D eigenvalue weighted by atomic mass is 32.1. The summed E-state index contributed by atoms with van der Waals surface area (Å²) >= 11 is 1.60. The number of amides is 2. The number of thiazole rings is 1. The van der Waals surface area contributed by atoms with E-state index in [-0.39, 0.29) is 12.6 Å². The maximum Gasteiger partial charge on any atom is 0.321 e. The first-order valence-corrected chi connectivity index (χ1v) is 9.79. The first-order chi connectivity index (χ1) is 12.9. The van der Waals surface area contributed by atoms with Crippen LogP contribution < -0.4 is 10.2 Å². The largest absolute Gasteiger partial charge is 0.481 e. The van der Waals surface area contributed by atoms with Gasteiger partial charge in [0.2, 0.25) is 0 Å². The average Bonchev–Trinajstić information content (AvgIpc) is 3.27. The molecule has 2 saturated heterocycles. The van der Waals surface area contributed by atoms with Gasteiger partial charge in [0.05, 0.1) is 28.8 Å². The molecule has 8 nitrogen and oxygen atoms in total. The van der Waals surface area contributed by atoms with Gasteiger partial charge in [-0.15, -0.1) is 0 Å². The molecule has 1 aromatic carbocycles. The fourth-order valence-corrected chi connectivity index (χ4v) is 4.45. The van der Waals surface area contributed by atoms with Crippen LogP contribution >= 0.6 is 11.3 Å². The second-order valence-corrected chi connectivity index (χ2v) is 8.25. The average molecular weight is 390 g/mol. The van der Waals surface area contributed by atoms with E-state index in [2.05, 4.69) is 15.2 Å². The highest BCUT2D eigenvalue weighted by Gasteiger charge is 2.42. The zero-order chi connectivity index (χ0) is 19.0. The first kappa shape index (κ1) is 18.0. The summed E-state index contributed by atoms with van der Waals surface area (Å²) in [6.45, 7) is 5.43. The number of carbonyl (C=O) groups is 2. The third-order valence-corrected chi connectivity index (χ3v) is 6.27. The summed E-state index contributed by atoms with van der Waals surface area (Å²) in [4.78, 5) is 32.3. The molecule has 2 amide bonds. The highest BCUT2D eigenvalue weighted by Crippen LogP contribution is 2.32.